The molecular formula is C10H12Br2N2O. The first kappa shape index (κ1) is 12.7. The molecule has 15 heavy (non-hydrogen) atoms. The van der Waals surface area contributed by atoms with Crippen LogP contribution in [0.4, 0.5) is 0 Å². The molecule has 1 atom stereocenters. The lowest BCUT2D eigenvalue weighted by Gasteiger charge is -2.12. The number of benzene rings is 1. The Morgan fingerprint density at radius 1 is 1.53 bits per heavy atom. The molecule has 0 aromatic heterocycles. The Labute approximate surface area is 106 Å². The molecule has 3 nitrogen and oxygen atoms in total. The molecule has 0 saturated heterocycles. The van der Waals surface area contributed by atoms with Crippen LogP contribution in [0.5, 0.6) is 0 Å². The summed E-state index contributed by atoms with van der Waals surface area (Å²) in [6.07, 6.45) is 0. The van der Waals surface area contributed by atoms with Crippen molar-refractivity contribution in [2.24, 2.45) is 5.73 Å². The van der Waals surface area contributed by atoms with Gasteiger partial charge in [-0.15, -0.1) is 0 Å². The van der Waals surface area contributed by atoms with Crippen LogP contribution in [0.3, 0.4) is 0 Å². The highest BCUT2D eigenvalue weighted by Crippen LogP contribution is 2.21. The lowest BCUT2D eigenvalue weighted by molar-refractivity contribution is 0.0940. The van der Waals surface area contributed by atoms with E-state index in [-0.39, 0.29) is 11.9 Å². The second-order valence-electron chi connectivity index (χ2n) is 3.23. The van der Waals surface area contributed by atoms with Crippen LogP contribution in [-0.2, 0) is 0 Å². The monoisotopic (exact) mass is 334 g/mol. The highest BCUT2D eigenvalue weighted by Gasteiger charge is 2.11. The normalized spacial score (nSPS) is 12.3. The van der Waals surface area contributed by atoms with Gasteiger partial charge in [0, 0.05) is 21.5 Å². The molecule has 0 radical (unpaired) electrons. The van der Waals surface area contributed by atoms with Crippen molar-refractivity contribution < 1.29 is 4.79 Å². The van der Waals surface area contributed by atoms with E-state index in [1.807, 2.05) is 19.1 Å². The van der Waals surface area contributed by atoms with E-state index in [0.29, 0.717) is 12.1 Å². The minimum atomic E-state index is -0.118. The molecular weight excluding hydrogens is 324 g/mol. The van der Waals surface area contributed by atoms with Gasteiger partial charge < -0.3 is 11.1 Å². The van der Waals surface area contributed by atoms with Crippen LogP contribution in [0, 0.1) is 0 Å². The van der Waals surface area contributed by atoms with Crippen molar-refractivity contribution in [1.82, 2.24) is 5.32 Å². The Balaban J connectivity index is 2.82. The maximum absolute atomic E-state index is 11.7. The Morgan fingerprint density at radius 3 is 2.73 bits per heavy atom. The third-order valence-corrected chi connectivity index (χ3v) is 3.06. The van der Waals surface area contributed by atoms with E-state index in [4.69, 9.17) is 5.73 Å². The average molecular weight is 336 g/mol. The Bertz CT molecular complexity index is 368. The summed E-state index contributed by atoms with van der Waals surface area (Å²) in [4.78, 5) is 11.7. The molecule has 0 aliphatic rings. The number of hydrogen-bond acceptors (Lipinski definition) is 2. The molecule has 1 aromatic carbocycles. The van der Waals surface area contributed by atoms with Crippen LogP contribution in [0.2, 0.25) is 0 Å². The summed E-state index contributed by atoms with van der Waals surface area (Å²) >= 11 is 6.67. The van der Waals surface area contributed by atoms with Gasteiger partial charge >= 0.3 is 0 Å². The van der Waals surface area contributed by atoms with Crippen molar-refractivity contribution >= 4 is 37.8 Å². The van der Waals surface area contributed by atoms with E-state index in [9.17, 15) is 4.79 Å². The number of carbonyl (C=O) groups is 1. The SMILES string of the molecule is CC(CN)NC(=O)c1ccc(Br)cc1Br. The maximum Gasteiger partial charge on any atom is 0.252 e. The van der Waals surface area contributed by atoms with E-state index in [1.165, 1.54) is 0 Å². The van der Waals surface area contributed by atoms with E-state index < -0.39 is 0 Å². The van der Waals surface area contributed by atoms with Crippen LogP contribution < -0.4 is 11.1 Å². The van der Waals surface area contributed by atoms with Crippen molar-refractivity contribution in [2.45, 2.75) is 13.0 Å². The number of amides is 1. The molecule has 5 heteroatoms. The zero-order valence-corrected chi connectivity index (χ0v) is 11.4. The topological polar surface area (TPSA) is 55.1 Å². The predicted octanol–water partition coefficient (Wildman–Crippen LogP) is 2.29. The summed E-state index contributed by atoms with van der Waals surface area (Å²) in [6, 6.07) is 5.40. The van der Waals surface area contributed by atoms with Gasteiger partial charge in [0.1, 0.15) is 0 Å². The van der Waals surface area contributed by atoms with Gasteiger partial charge in [-0.3, -0.25) is 4.79 Å². The number of carbonyl (C=O) groups excluding carboxylic acids is 1. The first-order valence-corrected chi connectivity index (χ1v) is 6.09. The molecule has 0 saturated carbocycles. The fourth-order valence-corrected chi connectivity index (χ4v) is 2.26. The van der Waals surface area contributed by atoms with Crippen molar-refractivity contribution in [2.75, 3.05) is 6.54 Å². The molecule has 0 aliphatic heterocycles. The van der Waals surface area contributed by atoms with Crippen molar-refractivity contribution in [3.05, 3.63) is 32.7 Å². The Morgan fingerprint density at radius 2 is 2.20 bits per heavy atom. The van der Waals surface area contributed by atoms with Gasteiger partial charge in [0.05, 0.1) is 5.56 Å². The van der Waals surface area contributed by atoms with Gasteiger partial charge in [0.2, 0.25) is 0 Å². The van der Waals surface area contributed by atoms with E-state index in [2.05, 4.69) is 37.2 Å². The number of rotatable bonds is 3. The largest absolute Gasteiger partial charge is 0.348 e. The van der Waals surface area contributed by atoms with E-state index in [0.717, 1.165) is 8.95 Å². The first-order valence-electron chi connectivity index (χ1n) is 4.50. The average Bonchev–Trinajstić information content (AvgIpc) is 2.17. The van der Waals surface area contributed by atoms with Crippen LogP contribution in [0.1, 0.15) is 17.3 Å². The second kappa shape index (κ2) is 5.63. The van der Waals surface area contributed by atoms with Crippen molar-refractivity contribution in [1.29, 1.82) is 0 Å². The van der Waals surface area contributed by atoms with E-state index >= 15 is 0 Å². The third kappa shape index (κ3) is 3.59. The van der Waals surface area contributed by atoms with Crippen molar-refractivity contribution in [3.8, 4) is 0 Å². The fraction of sp³-hybridized carbons (Fsp3) is 0.300. The van der Waals surface area contributed by atoms with Gasteiger partial charge in [-0.25, -0.2) is 0 Å². The summed E-state index contributed by atoms with van der Waals surface area (Å²) in [5.41, 5.74) is 6.04. The Kier molecular flexibility index (Phi) is 4.76. The Hall–Kier alpha value is -0.390. The molecule has 0 spiro atoms. The molecule has 82 valence electrons. The maximum atomic E-state index is 11.7. The van der Waals surface area contributed by atoms with Crippen LogP contribution in [-0.4, -0.2) is 18.5 Å². The van der Waals surface area contributed by atoms with Crippen molar-refractivity contribution in [3.63, 3.8) is 0 Å². The van der Waals surface area contributed by atoms with Gasteiger partial charge in [-0.2, -0.15) is 0 Å². The lowest BCUT2D eigenvalue weighted by atomic mass is 10.2. The smallest absolute Gasteiger partial charge is 0.252 e. The van der Waals surface area contributed by atoms with Gasteiger partial charge in [0.15, 0.2) is 0 Å². The number of nitrogens with two attached hydrogens (primary N) is 1. The molecule has 1 rings (SSSR count). The minimum Gasteiger partial charge on any atom is -0.348 e. The summed E-state index contributed by atoms with van der Waals surface area (Å²) in [7, 11) is 0. The molecule has 1 amide bonds. The number of halogens is 2. The molecule has 0 fully saturated rings. The second-order valence-corrected chi connectivity index (χ2v) is 5.00. The third-order valence-electron chi connectivity index (χ3n) is 1.91. The predicted molar refractivity (Wildman–Crippen MR) is 67.8 cm³/mol. The molecule has 3 N–H and O–H groups in total. The quantitative estimate of drug-likeness (QED) is 0.890. The van der Waals surface area contributed by atoms with Crippen LogP contribution in [0.25, 0.3) is 0 Å². The molecule has 0 aliphatic carbocycles. The highest BCUT2D eigenvalue weighted by molar-refractivity contribution is 9.11. The summed E-state index contributed by atoms with van der Waals surface area (Å²) in [6.45, 7) is 2.30. The number of nitrogens with one attached hydrogen (secondary N) is 1. The fourth-order valence-electron chi connectivity index (χ4n) is 1.03. The van der Waals surface area contributed by atoms with Crippen LogP contribution in [0.15, 0.2) is 27.1 Å². The zero-order chi connectivity index (χ0) is 11.4. The van der Waals surface area contributed by atoms with Gasteiger partial charge in [-0.1, -0.05) is 15.9 Å². The standard InChI is InChI=1S/C10H12Br2N2O/c1-6(5-13)14-10(15)8-3-2-7(11)4-9(8)12/h2-4,6H,5,13H2,1H3,(H,14,15). The first-order chi connectivity index (χ1) is 7.04. The summed E-state index contributed by atoms with van der Waals surface area (Å²) < 4.78 is 1.69. The van der Waals surface area contributed by atoms with Crippen LogP contribution >= 0.6 is 31.9 Å². The highest BCUT2D eigenvalue weighted by atomic mass is 79.9. The molecule has 0 bridgehead atoms. The summed E-state index contributed by atoms with van der Waals surface area (Å²) in [5, 5.41) is 2.80. The zero-order valence-electron chi connectivity index (χ0n) is 8.26. The summed E-state index contributed by atoms with van der Waals surface area (Å²) in [5.74, 6) is -0.118. The van der Waals surface area contributed by atoms with Gasteiger partial charge in [0.25, 0.3) is 5.91 Å². The minimum absolute atomic E-state index is 0.0203. The van der Waals surface area contributed by atoms with Gasteiger partial charge in [-0.05, 0) is 41.1 Å². The molecule has 1 aromatic rings. The van der Waals surface area contributed by atoms with E-state index in [1.54, 1.807) is 6.07 Å². The number of hydrogen-bond donors (Lipinski definition) is 2. The molecule has 0 heterocycles. The lowest BCUT2D eigenvalue weighted by Crippen LogP contribution is -2.37. The molecule has 1 unspecified atom stereocenters.